The van der Waals surface area contributed by atoms with E-state index in [4.69, 9.17) is 4.98 Å². The van der Waals surface area contributed by atoms with E-state index in [0.29, 0.717) is 0 Å². The molecule has 0 saturated heterocycles. The van der Waals surface area contributed by atoms with Crippen LogP contribution >= 0.6 is 0 Å². The van der Waals surface area contributed by atoms with E-state index < -0.39 is 0 Å². The molecule has 362 valence electrons. The molecule has 77 heavy (non-hydrogen) atoms. The summed E-state index contributed by atoms with van der Waals surface area (Å²) in [6.07, 6.45) is 3.65. The topological polar surface area (TPSA) is 38.7 Å². The van der Waals surface area contributed by atoms with Crippen molar-refractivity contribution in [2.24, 2.45) is 0 Å². The van der Waals surface area contributed by atoms with Crippen molar-refractivity contribution in [3.05, 3.63) is 298 Å². The molecule has 0 aliphatic carbocycles. The Bertz CT molecular complexity index is 4030. The van der Waals surface area contributed by atoms with Crippen molar-refractivity contribution in [2.45, 2.75) is 0 Å². The summed E-state index contributed by atoms with van der Waals surface area (Å²) >= 11 is 0. The van der Waals surface area contributed by atoms with Crippen LogP contribution in [0.4, 0.5) is 0 Å². The first kappa shape index (κ1) is 48.5. The van der Waals surface area contributed by atoms with Crippen LogP contribution < -0.4 is 0 Å². The van der Waals surface area contributed by atoms with Gasteiger partial charge in [-0.25, -0.2) is 0 Å². The summed E-state index contributed by atoms with van der Waals surface area (Å²) in [4.78, 5) is 14.3. The first-order valence-corrected chi connectivity index (χ1v) is 25.6. The van der Waals surface area contributed by atoms with Crippen LogP contribution in [-0.4, -0.2) is 15.0 Å². The van der Waals surface area contributed by atoms with Gasteiger partial charge in [0.25, 0.3) is 0 Å². The second-order valence-corrected chi connectivity index (χ2v) is 18.9. The third-order valence-electron chi connectivity index (χ3n) is 14.2. The Labute approximate surface area is 463 Å². The van der Waals surface area contributed by atoms with Crippen LogP contribution in [0.1, 0.15) is 0 Å². The van der Waals surface area contributed by atoms with Gasteiger partial charge in [0.2, 0.25) is 0 Å². The van der Waals surface area contributed by atoms with Crippen molar-refractivity contribution >= 4 is 10.9 Å². The van der Waals surface area contributed by atoms with Gasteiger partial charge in [0.1, 0.15) is 0 Å². The van der Waals surface area contributed by atoms with E-state index in [1.165, 1.54) is 11.1 Å². The molecule has 3 heterocycles. The fourth-order valence-electron chi connectivity index (χ4n) is 10.4. The van der Waals surface area contributed by atoms with Crippen LogP contribution in [-0.2, 0) is 20.1 Å². The molecule has 0 atom stereocenters. The Kier molecular flexibility index (Phi) is 13.7. The van der Waals surface area contributed by atoms with Gasteiger partial charge in [0.05, 0.1) is 5.52 Å². The number of pyridine rings is 3. The van der Waals surface area contributed by atoms with Crippen molar-refractivity contribution in [3.8, 4) is 123 Å². The van der Waals surface area contributed by atoms with E-state index in [2.05, 4.69) is 253 Å². The van der Waals surface area contributed by atoms with Crippen molar-refractivity contribution in [1.82, 2.24) is 15.0 Å². The zero-order valence-corrected chi connectivity index (χ0v) is 44.1. The summed E-state index contributed by atoms with van der Waals surface area (Å²) < 4.78 is 0. The first-order valence-electron chi connectivity index (χ1n) is 25.6. The van der Waals surface area contributed by atoms with Gasteiger partial charge in [-0.1, -0.05) is 221 Å². The van der Waals surface area contributed by atoms with E-state index in [1.54, 1.807) is 0 Å². The zero-order chi connectivity index (χ0) is 50.6. The fourth-order valence-corrected chi connectivity index (χ4v) is 10.4. The number of rotatable bonds is 11. The third-order valence-corrected chi connectivity index (χ3v) is 14.2. The van der Waals surface area contributed by atoms with Gasteiger partial charge >= 0.3 is 20.1 Å². The Morgan fingerprint density at radius 1 is 0.247 bits per heavy atom. The summed E-state index contributed by atoms with van der Waals surface area (Å²) in [5.74, 6) is 0. The minimum atomic E-state index is 0. The van der Waals surface area contributed by atoms with Crippen molar-refractivity contribution in [2.75, 3.05) is 0 Å². The average molecular weight is 1160 g/mol. The molecule has 0 saturated carbocycles. The number of fused-ring (bicyclic) bond motifs is 1. The standard InChI is InChI=1S/C73H46N3.Ir/c1-2-16-50(17-3-1)51-28-30-54(31-29-51)69-49-58(73-43-41-55-18-4-11-27-72(55)76-73)40-42-68(69)67-24-10-9-23-66(67)61-47-59(64-21-7-5-19-62(64)52-32-36-56(37-33-52)70-25-12-14-44-74-70)46-60(48-61)65-22-8-6-20-63(65)53-34-38-57(39-35-53)71-26-13-15-45-75-71;/h1-36,38,41-49H;/q-3;+3. The zero-order valence-electron chi connectivity index (χ0n) is 41.7. The summed E-state index contributed by atoms with van der Waals surface area (Å²) in [6, 6.07) is 105. The first-order chi connectivity index (χ1) is 37.7. The predicted octanol–water partition coefficient (Wildman–Crippen LogP) is 18.8. The molecule has 0 fully saturated rings. The summed E-state index contributed by atoms with van der Waals surface area (Å²) in [5.41, 5.74) is 24.2. The molecule has 10 aromatic carbocycles. The van der Waals surface area contributed by atoms with Gasteiger partial charge in [0, 0.05) is 12.4 Å². The molecule has 0 unspecified atom stereocenters. The van der Waals surface area contributed by atoms with Crippen LogP contribution in [0.5, 0.6) is 0 Å². The number of hydrogen-bond donors (Lipinski definition) is 0. The fraction of sp³-hybridized carbons (Fsp3) is 0. The van der Waals surface area contributed by atoms with Crippen molar-refractivity contribution < 1.29 is 20.1 Å². The molecule has 3 aromatic heterocycles. The minimum absolute atomic E-state index is 0. The van der Waals surface area contributed by atoms with Gasteiger partial charge < -0.3 is 9.97 Å². The van der Waals surface area contributed by atoms with E-state index in [9.17, 15) is 0 Å². The summed E-state index contributed by atoms with van der Waals surface area (Å²) in [7, 11) is 0. The molecule has 0 N–H and O–H groups in total. The van der Waals surface area contributed by atoms with Crippen molar-refractivity contribution in [3.63, 3.8) is 0 Å². The minimum Gasteiger partial charge on any atom is -0.305 e. The third kappa shape index (κ3) is 10.00. The molecule has 4 heteroatoms. The molecule has 13 rings (SSSR count). The Morgan fingerprint density at radius 2 is 0.688 bits per heavy atom. The smallest absolute Gasteiger partial charge is 0.305 e. The molecule has 0 aliphatic heterocycles. The predicted molar refractivity (Wildman–Crippen MR) is 314 cm³/mol. The molecular formula is C73H46IrN3. The molecular weight excluding hydrogens is 1110 g/mol. The van der Waals surface area contributed by atoms with Crippen LogP contribution in [0, 0.1) is 18.2 Å². The summed E-state index contributed by atoms with van der Waals surface area (Å²) in [5, 5.41) is 1.11. The molecule has 0 bridgehead atoms. The molecule has 13 aromatic rings. The van der Waals surface area contributed by atoms with Gasteiger partial charge in [-0.15, -0.1) is 83.4 Å². The maximum atomic E-state index is 5.13. The van der Waals surface area contributed by atoms with Gasteiger partial charge in [-0.05, 0) is 109 Å². The Hall–Kier alpha value is -9.44. The van der Waals surface area contributed by atoms with Gasteiger partial charge in [0.15, 0.2) is 0 Å². The molecule has 0 aliphatic rings. The quantitative estimate of drug-likeness (QED) is 0.121. The van der Waals surface area contributed by atoms with Crippen LogP contribution in [0.15, 0.2) is 279 Å². The Morgan fingerprint density at radius 3 is 1.22 bits per heavy atom. The van der Waals surface area contributed by atoms with Crippen molar-refractivity contribution in [1.29, 1.82) is 0 Å². The van der Waals surface area contributed by atoms with E-state index >= 15 is 0 Å². The second-order valence-electron chi connectivity index (χ2n) is 18.9. The Balaban J connectivity index is 0.00000596. The largest absolute Gasteiger partial charge is 3.00 e. The number of benzene rings is 10. The summed E-state index contributed by atoms with van der Waals surface area (Å²) in [6.45, 7) is 0. The molecule has 0 radical (unpaired) electrons. The number of hydrogen-bond acceptors (Lipinski definition) is 3. The van der Waals surface area contributed by atoms with Gasteiger partial charge in [-0.3, -0.25) is 4.98 Å². The molecule has 0 spiro atoms. The maximum Gasteiger partial charge on any atom is 3.00 e. The van der Waals surface area contributed by atoms with Crippen LogP contribution in [0.25, 0.3) is 134 Å². The van der Waals surface area contributed by atoms with E-state index in [0.717, 1.165) is 123 Å². The number of aromatic nitrogens is 3. The van der Waals surface area contributed by atoms with E-state index in [1.807, 2.05) is 54.9 Å². The number of nitrogens with zero attached hydrogens (tertiary/aromatic N) is 3. The van der Waals surface area contributed by atoms with E-state index in [-0.39, 0.29) is 20.1 Å². The molecule has 0 amide bonds. The monoisotopic (exact) mass is 1160 g/mol. The SMILES string of the molecule is [Ir+3].[c-]1cc(-c2ccccc2-c2cc(-c3ccccc3-c3c[c-]c(-c4ccccn4)cc3)cc(-c3ccccc3-c3c[c-]c(-c4ccc5ccccc5n4)cc3-c3ccc(-c4ccccc4)cc3)c2)ccc1-c1ccccn1. The second kappa shape index (κ2) is 21.8. The van der Waals surface area contributed by atoms with Crippen LogP contribution in [0.2, 0.25) is 0 Å². The normalized spacial score (nSPS) is 11.0. The van der Waals surface area contributed by atoms with Gasteiger partial charge in [-0.2, -0.15) is 0 Å². The maximum absolute atomic E-state index is 5.13. The van der Waals surface area contributed by atoms with Crippen LogP contribution in [0.3, 0.4) is 0 Å². The average Bonchev–Trinajstić information content (AvgIpc) is 3.55. The number of para-hydroxylation sites is 1. The molecule has 3 nitrogen and oxygen atoms in total.